The topological polar surface area (TPSA) is 52.9 Å². The van der Waals surface area contributed by atoms with E-state index in [2.05, 4.69) is 18.3 Å². The molecule has 1 heterocycles. The van der Waals surface area contributed by atoms with Crippen molar-refractivity contribution in [2.24, 2.45) is 0 Å². The summed E-state index contributed by atoms with van der Waals surface area (Å²) in [6.45, 7) is 3.63. The summed E-state index contributed by atoms with van der Waals surface area (Å²) in [4.78, 5) is 12.3. The van der Waals surface area contributed by atoms with Crippen LogP contribution in [0.25, 0.3) is 0 Å². The molecule has 0 bridgehead atoms. The van der Waals surface area contributed by atoms with Gasteiger partial charge in [-0.15, -0.1) is 11.3 Å². The molecule has 0 radical (unpaired) electrons. The zero-order valence-electron chi connectivity index (χ0n) is 9.46. The van der Waals surface area contributed by atoms with E-state index in [9.17, 15) is 10.1 Å². The van der Waals surface area contributed by atoms with Crippen LogP contribution < -0.4 is 5.32 Å². The van der Waals surface area contributed by atoms with Crippen LogP contribution in [-0.4, -0.2) is 5.91 Å². The number of nitriles is 1. The molecule has 84 valence electrons. The summed E-state index contributed by atoms with van der Waals surface area (Å²) in [5.41, 5.74) is 1.85. The lowest BCUT2D eigenvalue weighted by atomic mass is 9.87. The minimum absolute atomic E-state index is 0.109. The molecule has 2 rings (SSSR count). The third-order valence-electron chi connectivity index (χ3n) is 2.96. The van der Waals surface area contributed by atoms with E-state index < -0.39 is 0 Å². The molecular formula is C12H14N2OS. The second-order valence-electron chi connectivity index (χ2n) is 4.23. The summed E-state index contributed by atoms with van der Waals surface area (Å²) in [7, 11) is 0. The molecule has 4 heteroatoms. The average molecular weight is 234 g/mol. The van der Waals surface area contributed by atoms with Crippen LogP contribution >= 0.6 is 11.3 Å². The summed E-state index contributed by atoms with van der Waals surface area (Å²) in [5, 5.41) is 12.7. The fraction of sp³-hybridized carbons (Fsp3) is 0.500. The van der Waals surface area contributed by atoms with Crippen LogP contribution in [0, 0.1) is 11.3 Å². The summed E-state index contributed by atoms with van der Waals surface area (Å²) in [5.74, 6) is 0.333. The van der Waals surface area contributed by atoms with Crippen LogP contribution in [0.5, 0.6) is 0 Å². The van der Waals surface area contributed by atoms with Crippen molar-refractivity contribution in [3.63, 3.8) is 0 Å². The molecule has 1 aromatic rings. The molecule has 1 aliphatic carbocycles. The number of aryl methyl sites for hydroxylation is 1. The van der Waals surface area contributed by atoms with Crippen molar-refractivity contribution in [3.8, 4) is 6.07 Å². The Bertz CT molecular complexity index is 470. The second-order valence-corrected chi connectivity index (χ2v) is 5.33. The lowest BCUT2D eigenvalue weighted by Gasteiger charge is -2.18. The predicted molar refractivity (Wildman–Crippen MR) is 64.7 cm³/mol. The molecule has 1 amide bonds. The maximum atomic E-state index is 11.1. The van der Waals surface area contributed by atoms with Gasteiger partial charge in [0.1, 0.15) is 11.1 Å². The van der Waals surface area contributed by atoms with Gasteiger partial charge in [-0.25, -0.2) is 0 Å². The fourth-order valence-electron chi connectivity index (χ4n) is 2.27. The smallest absolute Gasteiger partial charge is 0.221 e. The fourth-order valence-corrected chi connectivity index (χ4v) is 3.63. The molecule has 0 aromatic carbocycles. The van der Waals surface area contributed by atoms with Gasteiger partial charge in [-0.3, -0.25) is 4.79 Å². The molecule has 0 aliphatic heterocycles. The molecule has 1 aromatic heterocycles. The van der Waals surface area contributed by atoms with Crippen LogP contribution in [-0.2, 0) is 11.2 Å². The minimum Gasteiger partial charge on any atom is -0.317 e. The van der Waals surface area contributed by atoms with Gasteiger partial charge in [0.15, 0.2) is 0 Å². The molecule has 16 heavy (non-hydrogen) atoms. The average Bonchev–Trinajstić information content (AvgIpc) is 2.55. The van der Waals surface area contributed by atoms with Gasteiger partial charge in [-0.2, -0.15) is 5.26 Å². The maximum Gasteiger partial charge on any atom is 0.221 e. The standard InChI is InChI=1S/C12H14N2OS/c1-7-4-3-5-10-11(7)9(6-13)12(16-10)14-8(2)15/h7H,3-5H2,1-2H3,(H,14,15)/t7-/m1/s1. The van der Waals surface area contributed by atoms with Gasteiger partial charge in [0.25, 0.3) is 0 Å². The lowest BCUT2D eigenvalue weighted by Crippen LogP contribution is -2.07. The van der Waals surface area contributed by atoms with Gasteiger partial charge >= 0.3 is 0 Å². The number of rotatable bonds is 1. The Labute approximate surface area is 99.1 Å². The SMILES string of the molecule is CC(=O)Nc1sc2c(c1C#N)[C@H](C)CCC2. The summed E-state index contributed by atoms with van der Waals surface area (Å²) >= 11 is 1.56. The molecule has 0 fully saturated rings. The first-order valence-corrected chi connectivity index (χ1v) is 6.28. The molecule has 1 aliphatic rings. The van der Waals surface area contributed by atoms with E-state index in [4.69, 9.17) is 0 Å². The van der Waals surface area contributed by atoms with E-state index >= 15 is 0 Å². The highest BCUT2D eigenvalue weighted by atomic mass is 32.1. The molecule has 0 unspecified atom stereocenters. The Balaban J connectivity index is 2.49. The first-order valence-electron chi connectivity index (χ1n) is 5.46. The monoisotopic (exact) mass is 234 g/mol. The zero-order chi connectivity index (χ0) is 11.7. The van der Waals surface area contributed by atoms with Crippen LogP contribution in [0.3, 0.4) is 0 Å². The summed E-state index contributed by atoms with van der Waals surface area (Å²) in [6, 6.07) is 2.24. The van der Waals surface area contributed by atoms with E-state index in [1.165, 1.54) is 23.8 Å². The third-order valence-corrected chi connectivity index (χ3v) is 4.14. The summed E-state index contributed by atoms with van der Waals surface area (Å²) in [6.07, 6.45) is 3.36. The maximum absolute atomic E-state index is 11.1. The Morgan fingerprint density at radius 3 is 3.00 bits per heavy atom. The normalized spacial score (nSPS) is 18.7. The van der Waals surface area contributed by atoms with Crippen LogP contribution in [0.15, 0.2) is 0 Å². The minimum atomic E-state index is -0.109. The Hall–Kier alpha value is -1.34. The quantitative estimate of drug-likeness (QED) is 0.812. The van der Waals surface area contributed by atoms with E-state index in [0.29, 0.717) is 11.5 Å². The number of anilines is 1. The molecule has 0 spiro atoms. The molecule has 0 saturated heterocycles. The van der Waals surface area contributed by atoms with Gasteiger partial charge in [0.2, 0.25) is 5.91 Å². The van der Waals surface area contributed by atoms with Crippen molar-refractivity contribution in [2.45, 2.75) is 39.0 Å². The highest BCUT2D eigenvalue weighted by molar-refractivity contribution is 7.16. The number of hydrogen-bond donors (Lipinski definition) is 1. The van der Waals surface area contributed by atoms with Crippen molar-refractivity contribution in [3.05, 3.63) is 16.0 Å². The van der Waals surface area contributed by atoms with Crippen molar-refractivity contribution >= 4 is 22.2 Å². The van der Waals surface area contributed by atoms with E-state index in [1.807, 2.05) is 0 Å². The second kappa shape index (κ2) is 4.26. The van der Waals surface area contributed by atoms with Crippen LogP contribution in [0.2, 0.25) is 0 Å². The third kappa shape index (κ3) is 1.83. The number of nitrogens with one attached hydrogen (secondary N) is 1. The first kappa shape index (κ1) is 11.2. The van der Waals surface area contributed by atoms with E-state index in [1.54, 1.807) is 11.3 Å². The van der Waals surface area contributed by atoms with E-state index in [-0.39, 0.29) is 5.91 Å². The first-order chi connectivity index (χ1) is 7.63. The van der Waals surface area contributed by atoms with Crippen molar-refractivity contribution in [2.75, 3.05) is 5.32 Å². The lowest BCUT2D eigenvalue weighted by molar-refractivity contribution is -0.114. The Morgan fingerprint density at radius 1 is 1.62 bits per heavy atom. The number of hydrogen-bond acceptors (Lipinski definition) is 3. The van der Waals surface area contributed by atoms with Gasteiger partial charge in [-0.05, 0) is 30.7 Å². The van der Waals surface area contributed by atoms with Crippen LogP contribution in [0.4, 0.5) is 5.00 Å². The summed E-state index contributed by atoms with van der Waals surface area (Å²) < 4.78 is 0. The van der Waals surface area contributed by atoms with E-state index in [0.717, 1.165) is 17.8 Å². The van der Waals surface area contributed by atoms with Crippen molar-refractivity contribution < 1.29 is 4.79 Å². The number of amides is 1. The molecule has 0 saturated carbocycles. The van der Waals surface area contributed by atoms with Gasteiger partial charge < -0.3 is 5.32 Å². The largest absolute Gasteiger partial charge is 0.317 e. The molecule has 3 nitrogen and oxygen atoms in total. The Morgan fingerprint density at radius 2 is 2.38 bits per heavy atom. The van der Waals surface area contributed by atoms with Gasteiger partial charge in [0.05, 0.1) is 5.56 Å². The number of fused-ring (bicyclic) bond motifs is 1. The number of thiophene rings is 1. The predicted octanol–water partition coefficient (Wildman–Crippen LogP) is 3.02. The zero-order valence-corrected chi connectivity index (χ0v) is 10.3. The highest BCUT2D eigenvalue weighted by Gasteiger charge is 2.25. The highest BCUT2D eigenvalue weighted by Crippen LogP contribution is 2.42. The molecule has 1 atom stereocenters. The van der Waals surface area contributed by atoms with Gasteiger partial charge in [-0.1, -0.05) is 6.92 Å². The van der Waals surface area contributed by atoms with Gasteiger partial charge in [0, 0.05) is 11.8 Å². The Kier molecular flexibility index (Phi) is 2.97. The number of nitrogens with zero attached hydrogens (tertiary/aromatic N) is 1. The molecule has 1 N–H and O–H groups in total. The van der Waals surface area contributed by atoms with Crippen molar-refractivity contribution in [1.82, 2.24) is 0 Å². The van der Waals surface area contributed by atoms with Crippen LogP contribution in [0.1, 0.15) is 48.6 Å². The van der Waals surface area contributed by atoms with Crippen molar-refractivity contribution in [1.29, 1.82) is 5.26 Å². The molecular weight excluding hydrogens is 220 g/mol. The number of carbonyl (C=O) groups excluding carboxylic acids is 1. The number of carbonyl (C=O) groups is 1.